The van der Waals surface area contributed by atoms with Gasteiger partial charge in [-0.15, -0.1) is 0 Å². The van der Waals surface area contributed by atoms with Gasteiger partial charge in [0.05, 0.1) is 5.69 Å². The van der Waals surface area contributed by atoms with Gasteiger partial charge >= 0.3 is 0 Å². The van der Waals surface area contributed by atoms with Crippen LogP contribution in [0.25, 0.3) is 0 Å². The Hall–Kier alpha value is -0.540. The summed E-state index contributed by atoms with van der Waals surface area (Å²) in [7, 11) is 4.15. The highest BCUT2D eigenvalue weighted by Gasteiger charge is 2.27. The molecule has 1 aliphatic rings. The second-order valence-electron chi connectivity index (χ2n) is 4.16. The molecule has 0 unspecified atom stereocenters. The van der Waals surface area contributed by atoms with Crippen LogP contribution in [0.3, 0.4) is 0 Å². The Morgan fingerprint density at radius 3 is 2.73 bits per heavy atom. The quantitative estimate of drug-likeness (QED) is 0.904. The zero-order valence-electron chi connectivity index (χ0n) is 9.26. The molecular weight excluding hydrogens is 252 g/mol. The first-order chi connectivity index (χ1) is 7.22. The van der Waals surface area contributed by atoms with E-state index in [-0.39, 0.29) is 0 Å². The minimum atomic E-state index is 0.761. The number of halogens is 1. The standard InChI is InChI=1S/C12H17BrN2/c1-14-8-9-3-6-12(11(13)7-9)15(2)10-4-5-10/h3,6-7,10,14H,4-5,8H2,1-2H3. The molecule has 1 aliphatic carbocycles. The van der Waals surface area contributed by atoms with Crippen molar-refractivity contribution in [2.75, 3.05) is 19.0 Å². The van der Waals surface area contributed by atoms with Crippen molar-refractivity contribution in [2.45, 2.75) is 25.4 Å². The molecule has 1 fully saturated rings. The van der Waals surface area contributed by atoms with Gasteiger partial charge in [0.1, 0.15) is 0 Å². The van der Waals surface area contributed by atoms with Crippen LogP contribution in [0.5, 0.6) is 0 Å². The van der Waals surface area contributed by atoms with E-state index < -0.39 is 0 Å². The Bertz CT molecular complexity index is 347. The Balaban J connectivity index is 2.17. The third kappa shape index (κ3) is 2.52. The summed E-state index contributed by atoms with van der Waals surface area (Å²) in [6, 6.07) is 7.35. The van der Waals surface area contributed by atoms with Crippen molar-refractivity contribution < 1.29 is 0 Å². The molecule has 2 rings (SSSR count). The van der Waals surface area contributed by atoms with E-state index >= 15 is 0 Å². The predicted octanol–water partition coefficient (Wildman–Crippen LogP) is 2.77. The highest BCUT2D eigenvalue weighted by atomic mass is 79.9. The van der Waals surface area contributed by atoms with Crippen LogP contribution in [-0.2, 0) is 6.54 Å². The zero-order chi connectivity index (χ0) is 10.8. The van der Waals surface area contributed by atoms with E-state index in [2.05, 4.69) is 51.4 Å². The van der Waals surface area contributed by atoms with Crippen LogP contribution >= 0.6 is 15.9 Å². The van der Waals surface area contributed by atoms with Crippen molar-refractivity contribution in [3.05, 3.63) is 28.2 Å². The third-order valence-electron chi connectivity index (χ3n) is 2.87. The van der Waals surface area contributed by atoms with Gasteiger partial charge in [0.25, 0.3) is 0 Å². The minimum absolute atomic E-state index is 0.761. The van der Waals surface area contributed by atoms with Crippen LogP contribution < -0.4 is 10.2 Å². The van der Waals surface area contributed by atoms with Crippen molar-refractivity contribution in [1.29, 1.82) is 0 Å². The summed E-state index contributed by atoms with van der Waals surface area (Å²) in [5, 5.41) is 3.16. The molecule has 1 N–H and O–H groups in total. The number of rotatable bonds is 4. The molecule has 2 nitrogen and oxygen atoms in total. The first kappa shape index (κ1) is 11.0. The summed E-state index contributed by atoms with van der Waals surface area (Å²) in [5.41, 5.74) is 2.62. The van der Waals surface area contributed by atoms with Gasteiger partial charge in [0.2, 0.25) is 0 Å². The summed E-state index contributed by atoms with van der Waals surface area (Å²) >= 11 is 3.64. The molecule has 3 heteroatoms. The second-order valence-corrected chi connectivity index (χ2v) is 5.01. The van der Waals surface area contributed by atoms with E-state index in [1.165, 1.54) is 28.6 Å². The molecule has 0 spiro atoms. The Labute approximate surface area is 99.8 Å². The average molecular weight is 269 g/mol. The van der Waals surface area contributed by atoms with Gasteiger partial charge < -0.3 is 10.2 Å². The molecule has 0 atom stereocenters. The van der Waals surface area contributed by atoms with Crippen LogP contribution in [0.1, 0.15) is 18.4 Å². The van der Waals surface area contributed by atoms with E-state index in [4.69, 9.17) is 0 Å². The molecule has 1 saturated carbocycles. The SMILES string of the molecule is CNCc1ccc(N(C)C2CC2)c(Br)c1. The highest BCUT2D eigenvalue weighted by Crippen LogP contribution is 2.34. The van der Waals surface area contributed by atoms with Crippen molar-refractivity contribution in [3.8, 4) is 0 Å². The Morgan fingerprint density at radius 1 is 1.47 bits per heavy atom. The van der Waals surface area contributed by atoms with Crippen molar-refractivity contribution in [2.24, 2.45) is 0 Å². The van der Waals surface area contributed by atoms with E-state index in [0.717, 1.165) is 12.6 Å². The van der Waals surface area contributed by atoms with Crippen LogP contribution in [-0.4, -0.2) is 20.1 Å². The molecule has 1 aromatic carbocycles. The number of hydrogen-bond acceptors (Lipinski definition) is 2. The monoisotopic (exact) mass is 268 g/mol. The Morgan fingerprint density at radius 2 is 2.20 bits per heavy atom. The van der Waals surface area contributed by atoms with Crippen molar-refractivity contribution in [3.63, 3.8) is 0 Å². The summed E-state index contributed by atoms with van der Waals surface area (Å²) in [4.78, 5) is 2.37. The maximum Gasteiger partial charge on any atom is 0.0510 e. The molecule has 15 heavy (non-hydrogen) atoms. The fourth-order valence-electron chi connectivity index (χ4n) is 1.81. The number of nitrogens with one attached hydrogen (secondary N) is 1. The van der Waals surface area contributed by atoms with Gasteiger partial charge in [0, 0.05) is 24.1 Å². The lowest BCUT2D eigenvalue weighted by atomic mass is 10.2. The van der Waals surface area contributed by atoms with Gasteiger partial charge in [0.15, 0.2) is 0 Å². The molecule has 0 aromatic heterocycles. The molecule has 0 saturated heterocycles. The molecule has 82 valence electrons. The maximum atomic E-state index is 3.64. The van der Waals surface area contributed by atoms with Crippen molar-refractivity contribution >= 4 is 21.6 Å². The highest BCUT2D eigenvalue weighted by molar-refractivity contribution is 9.10. The molecule has 0 heterocycles. The fourth-order valence-corrected chi connectivity index (χ4v) is 2.51. The van der Waals surface area contributed by atoms with Gasteiger partial charge in [-0.3, -0.25) is 0 Å². The summed E-state index contributed by atoms with van der Waals surface area (Å²) in [5.74, 6) is 0. The van der Waals surface area contributed by atoms with Crippen LogP contribution in [0.4, 0.5) is 5.69 Å². The average Bonchev–Trinajstić information content (AvgIpc) is 3.01. The normalized spacial score (nSPS) is 15.4. The third-order valence-corrected chi connectivity index (χ3v) is 3.50. The van der Waals surface area contributed by atoms with E-state index in [0.29, 0.717) is 0 Å². The molecule has 0 bridgehead atoms. The second kappa shape index (κ2) is 4.54. The molecule has 0 radical (unpaired) electrons. The largest absolute Gasteiger partial charge is 0.371 e. The van der Waals surface area contributed by atoms with Gasteiger partial charge in [-0.2, -0.15) is 0 Å². The lowest BCUT2D eigenvalue weighted by Crippen LogP contribution is -2.19. The number of anilines is 1. The molecule has 1 aromatic rings. The lowest BCUT2D eigenvalue weighted by molar-refractivity contribution is 0.816. The van der Waals surface area contributed by atoms with E-state index in [1.54, 1.807) is 0 Å². The predicted molar refractivity (Wildman–Crippen MR) is 68.3 cm³/mol. The lowest BCUT2D eigenvalue weighted by Gasteiger charge is -2.20. The van der Waals surface area contributed by atoms with Crippen LogP contribution in [0.2, 0.25) is 0 Å². The van der Waals surface area contributed by atoms with Gasteiger partial charge in [-0.05, 0) is 53.5 Å². The van der Waals surface area contributed by atoms with Gasteiger partial charge in [-0.1, -0.05) is 6.07 Å². The maximum absolute atomic E-state index is 3.64. The first-order valence-corrected chi connectivity index (χ1v) is 6.17. The molecule has 0 aliphatic heterocycles. The first-order valence-electron chi connectivity index (χ1n) is 5.38. The number of benzene rings is 1. The van der Waals surface area contributed by atoms with E-state index in [1.807, 2.05) is 7.05 Å². The Kier molecular flexibility index (Phi) is 3.32. The fraction of sp³-hybridized carbons (Fsp3) is 0.500. The topological polar surface area (TPSA) is 15.3 Å². The summed E-state index contributed by atoms with van der Waals surface area (Å²) < 4.78 is 1.20. The summed E-state index contributed by atoms with van der Waals surface area (Å²) in [6.45, 7) is 0.923. The smallest absolute Gasteiger partial charge is 0.0510 e. The minimum Gasteiger partial charge on any atom is -0.371 e. The van der Waals surface area contributed by atoms with Gasteiger partial charge in [-0.25, -0.2) is 0 Å². The number of hydrogen-bond donors (Lipinski definition) is 1. The van der Waals surface area contributed by atoms with Crippen LogP contribution in [0, 0.1) is 0 Å². The zero-order valence-corrected chi connectivity index (χ0v) is 10.8. The molecule has 0 amide bonds. The molecular formula is C12H17BrN2. The van der Waals surface area contributed by atoms with Crippen molar-refractivity contribution in [1.82, 2.24) is 5.32 Å². The summed E-state index contributed by atoms with van der Waals surface area (Å²) in [6.07, 6.45) is 2.67. The van der Waals surface area contributed by atoms with E-state index in [9.17, 15) is 0 Å². The number of nitrogens with zero attached hydrogens (tertiary/aromatic N) is 1. The van der Waals surface area contributed by atoms with Crippen LogP contribution in [0.15, 0.2) is 22.7 Å².